The molecule has 0 saturated carbocycles. The Hall–Kier alpha value is -1.03. The lowest BCUT2D eigenvalue weighted by atomic mass is 10.3. The molecule has 1 unspecified atom stereocenters. The van der Waals surface area contributed by atoms with Crippen molar-refractivity contribution >= 4 is 7.60 Å². The van der Waals surface area contributed by atoms with E-state index in [2.05, 4.69) is 0 Å². The van der Waals surface area contributed by atoms with Gasteiger partial charge in [0.25, 0.3) is 0 Å². The van der Waals surface area contributed by atoms with Gasteiger partial charge in [0.15, 0.2) is 5.85 Å². The third kappa shape index (κ3) is 3.52. The first-order valence-corrected chi connectivity index (χ1v) is 6.51. The molecular weight excluding hydrogens is 231 g/mol. The molecule has 0 amide bonds. The number of ether oxygens (including phenoxy) is 2. The lowest BCUT2D eigenvalue weighted by Gasteiger charge is -2.18. The second kappa shape index (κ2) is 5.34. The molecule has 0 aromatic heterocycles. The number of rotatable bonds is 5. The minimum Gasteiger partial charge on any atom is -0.497 e. The van der Waals surface area contributed by atoms with E-state index >= 15 is 0 Å². The summed E-state index contributed by atoms with van der Waals surface area (Å²) >= 11 is 0. The summed E-state index contributed by atoms with van der Waals surface area (Å²) in [6, 6.07) is 6.55. The zero-order chi connectivity index (χ0) is 12.2. The lowest BCUT2D eigenvalue weighted by Crippen LogP contribution is -2.15. The normalized spacial score (nSPS) is 13.2. The second-order valence-corrected chi connectivity index (χ2v) is 5.00. The van der Waals surface area contributed by atoms with Crippen LogP contribution in [-0.4, -0.2) is 22.7 Å². The molecule has 1 aromatic carbocycles. The van der Waals surface area contributed by atoms with Gasteiger partial charge in [0.05, 0.1) is 7.11 Å². The molecule has 0 aliphatic rings. The van der Waals surface area contributed by atoms with Gasteiger partial charge in [-0.2, -0.15) is 0 Å². The average Bonchev–Trinajstić information content (AvgIpc) is 2.25. The molecule has 0 radical (unpaired) electrons. The van der Waals surface area contributed by atoms with Crippen molar-refractivity contribution in [3.05, 3.63) is 24.3 Å². The highest BCUT2D eigenvalue weighted by Crippen LogP contribution is 2.43. The van der Waals surface area contributed by atoms with E-state index in [1.54, 1.807) is 38.3 Å². The summed E-state index contributed by atoms with van der Waals surface area (Å²) in [6.45, 7) is 1.66. The highest BCUT2D eigenvalue weighted by atomic mass is 31.2. The zero-order valence-electron chi connectivity index (χ0n) is 9.16. The maximum Gasteiger partial charge on any atom is 0.365 e. The van der Waals surface area contributed by atoms with Crippen LogP contribution in [0.5, 0.6) is 11.5 Å². The van der Waals surface area contributed by atoms with E-state index in [0.717, 1.165) is 0 Å². The van der Waals surface area contributed by atoms with Gasteiger partial charge in [-0.15, -0.1) is 0 Å². The monoisotopic (exact) mass is 246 g/mol. The van der Waals surface area contributed by atoms with Crippen molar-refractivity contribution in [2.75, 3.05) is 7.11 Å². The van der Waals surface area contributed by atoms with Gasteiger partial charge in [-0.05, 0) is 30.7 Å². The van der Waals surface area contributed by atoms with E-state index in [4.69, 9.17) is 19.3 Å². The first kappa shape index (κ1) is 13.0. The van der Waals surface area contributed by atoms with E-state index in [0.29, 0.717) is 11.5 Å². The second-order valence-electron chi connectivity index (χ2n) is 3.25. The Labute approximate surface area is 94.2 Å². The Morgan fingerprint density at radius 1 is 1.25 bits per heavy atom. The van der Waals surface area contributed by atoms with Crippen LogP contribution in [0.15, 0.2) is 24.3 Å². The van der Waals surface area contributed by atoms with Gasteiger partial charge in [0.1, 0.15) is 11.5 Å². The van der Waals surface area contributed by atoms with Crippen LogP contribution < -0.4 is 9.47 Å². The number of hydrogen-bond acceptors (Lipinski definition) is 3. The van der Waals surface area contributed by atoms with Crippen molar-refractivity contribution in [3.63, 3.8) is 0 Å². The van der Waals surface area contributed by atoms with Crippen LogP contribution in [-0.2, 0) is 4.57 Å². The van der Waals surface area contributed by atoms with E-state index in [1.165, 1.54) is 0 Å². The number of methoxy groups -OCH3 is 1. The summed E-state index contributed by atoms with van der Waals surface area (Å²) in [7, 11) is -2.67. The van der Waals surface area contributed by atoms with E-state index in [-0.39, 0.29) is 6.42 Å². The average molecular weight is 246 g/mol. The molecule has 90 valence electrons. The molecule has 0 heterocycles. The van der Waals surface area contributed by atoms with Gasteiger partial charge < -0.3 is 19.3 Å². The van der Waals surface area contributed by atoms with Crippen LogP contribution in [0.25, 0.3) is 0 Å². The molecule has 1 atom stereocenters. The van der Waals surface area contributed by atoms with Crippen LogP contribution >= 0.6 is 7.60 Å². The minimum atomic E-state index is -4.21. The van der Waals surface area contributed by atoms with Crippen LogP contribution in [0, 0.1) is 0 Å². The largest absolute Gasteiger partial charge is 0.497 e. The summed E-state index contributed by atoms with van der Waals surface area (Å²) in [4.78, 5) is 18.0. The summed E-state index contributed by atoms with van der Waals surface area (Å²) in [6.07, 6.45) is 0.246. The maximum atomic E-state index is 11.0. The molecule has 5 nitrogen and oxygen atoms in total. The summed E-state index contributed by atoms with van der Waals surface area (Å²) < 4.78 is 21.2. The molecule has 0 aliphatic carbocycles. The third-order valence-electron chi connectivity index (χ3n) is 2.06. The van der Waals surface area contributed by atoms with Crippen molar-refractivity contribution < 1.29 is 23.8 Å². The Bertz CT molecular complexity index is 369. The fourth-order valence-corrected chi connectivity index (χ4v) is 1.94. The molecule has 6 heteroatoms. The lowest BCUT2D eigenvalue weighted by molar-refractivity contribution is 0.219. The van der Waals surface area contributed by atoms with Gasteiger partial charge in [-0.3, -0.25) is 4.57 Å². The highest BCUT2D eigenvalue weighted by Gasteiger charge is 2.28. The van der Waals surface area contributed by atoms with Crippen LogP contribution in [0.2, 0.25) is 0 Å². The number of benzene rings is 1. The predicted molar refractivity (Wildman–Crippen MR) is 59.7 cm³/mol. The van der Waals surface area contributed by atoms with Gasteiger partial charge in [-0.25, -0.2) is 0 Å². The SMILES string of the molecule is CCC(Oc1ccc(OC)cc1)P(=O)(O)O. The van der Waals surface area contributed by atoms with Gasteiger partial charge in [0.2, 0.25) is 0 Å². The zero-order valence-corrected chi connectivity index (χ0v) is 10.1. The molecule has 2 N–H and O–H groups in total. The molecule has 0 bridgehead atoms. The fraction of sp³-hybridized carbons (Fsp3) is 0.400. The molecule has 16 heavy (non-hydrogen) atoms. The Balaban J connectivity index is 2.75. The Morgan fingerprint density at radius 3 is 2.12 bits per heavy atom. The Morgan fingerprint density at radius 2 is 1.75 bits per heavy atom. The topological polar surface area (TPSA) is 76.0 Å². The molecule has 1 rings (SSSR count). The van der Waals surface area contributed by atoms with Crippen LogP contribution in [0.1, 0.15) is 13.3 Å². The Kier molecular flexibility index (Phi) is 4.35. The van der Waals surface area contributed by atoms with E-state index in [9.17, 15) is 4.57 Å². The molecular formula is C10H15O5P. The maximum absolute atomic E-state index is 11.0. The quantitative estimate of drug-likeness (QED) is 0.777. The molecule has 0 saturated heterocycles. The van der Waals surface area contributed by atoms with Crippen LogP contribution in [0.3, 0.4) is 0 Å². The molecule has 1 aromatic rings. The minimum absolute atomic E-state index is 0.246. The van der Waals surface area contributed by atoms with Gasteiger partial charge in [0, 0.05) is 0 Å². The first-order chi connectivity index (χ1) is 7.47. The highest BCUT2D eigenvalue weighted by molar-refractivity contribution is 7.52. The standard InChI is InChI=1S/C10H15O5P/c1-3-10(16(11,12)13)15-9-6-4-8(14-2)5-7-9/h4-7,10H,3H2,1-2H3,(H2,11,12,13). The van der Waals surface area contributed by atoms with E-state index in [1.807, 2.05) is 0 Å². The first-order valence-electron chi connectivity index (χ1n) is 4.83. The van der Waals surface area contributed by atoms with Crippen molar-refractivity contribution in [2.24, 2.45) is 0 Å². The fourth-order valence-electron chi connectivity index (χ4n) is 1.20. The molecule has 0 aliphatic heterocycles. The summed E-state index contributed by atoms with van der Waals surface area (Å²) in [5, 5.41) is 0. The van der Waals surface area contributed by atoms with Crippen molar-refractivity contribution in [1.82, 2.24) is 0 Å². The van der Waals surface area contributed by atoms with Crippen molar-refractivity contribution in [1.29, 1.82) is 0 Å². The van der Waals surface area contributed by atoms with Crippen molar-refractivity contribution in [3.8, 4) is 11.5 Å². The molecule has 0 spiro atoms. The van der Waals surface area contributed by atoms with Gasteiger partial charge in [-0.1, -0.05) is 6.92 Å². The summed E-state index contributed by atoms with van der Waals surface area (Å²) in [5.74, 6) is -0.0200. The summed E-state index contributed by atoms with van der Waals surface area (Å²) in [5.41, 5.74) is 0. The smallest absolute Gasteiger partial charge is 0.365 e. The van der Waals surface area contributed by atoms with Crippen LogP contribution in [0.4, 0.5) is 0 Å². The van der Waals surface area contributed by atoms with E-state index < -0.39 is 13.4 Å². The van der Waals surface area contributed by atoms with Gasteiger partial charge >= 0.3 is 7.60 Å². The van der Waals surface area contributed by atoms with Crippen molar-refractivity contribution in [2.45, 2.75) is 19.2 Å². The third-order valence-corrected chi connectivity index (χ3v) is 3.28. The predicted octanol–water partition coefficient (Wildman–Crippen LogP) is 1.99. The number of hydrogen-bond donors (Lipinski definition) is 2. The molecule has 0 fully saturated rings.